The van der Waals surface area contributed by atoms with Crippen LogP contribution in [-0.4, -0.2) is 43.0 Å². The number of carbonyl (C=O) groups is 2. The first-order chi connectivity index (χ1) is 12.0. The number of hydrogen-bond donors (Lipinski definition) is 3. The molecule has 0 atom stereocenters. The summed E-state index contributed by atoms with van der Waals surface area (Å²) in [5, 5.41) is 23.3. The van der Waals surface area contributed by atoms with Crippen molar-refractivity contribution < 1.29 is 24.2 Å². The lowest BCUT2D eigenvalue weighted by atomic mass is 10.2. The van der Waals surface area contributed by atoms with Crippen LogP contribution in [0.2, 0.25) is 0 Å². The van der Waals surface area contributed by atoms with Crippen molar-refractivity contribution in [3.05, 3.63) is 41.6 Å². The predicted octanol–water partition coefficient (Wildman–Crippen LogP) is 1.72. The maximum absolute atomic E-state index is 12.1. The van der Waals surface area contributed by atoms with Gasteiger partial charge in [-0.2, -0.15) is 5.26 Å². The normalized spacial score (nSPS) is 11.0. The van der Waals surface area contributed by atoms with Crippen LogP contribution in [0.25, 0.3) is 0 Å². The van der Waals surface area contributed by atoms with E-state index in [0.717, 1.165) is 0 Å². The maximum Gasteiger partial charge on any atom is 0.335 e. The second-order valence-corrected chi connectivity index (χ2v) is 4.75. The Bertz CT molecular complexity index is 643. The molecule has 0 saturated carbocycles. The third-order valence-electron chi connectivity index (χ3n) is 2.99. The summed E-state index contributed by atoms with van der Waals surface area (Å²) in [7, 11) is 0. The van der Waals surface area contributed by atoms with Crippen molar-refractivity contribution in [2.45, 2.75) is 20.1 Å². The van der Waals surface area contributed by atoms with Crippen LogP contribution in [-0.2, 0) is 14.3 Å². The lowest BCUT2D eigenvalue weighted by Gasteiger charge is -2.16. The molecule has 0 spiro atoms. The van der Waals surface area contributed by atoms with Crippen molar-refractivity contribution in [3.8, 4) is 6.07 Å². The van der Waals surface area contributed by atoms with Gasteiger partial charge in [-0.1, -0.05) is 0 Å². The molecule has 0 saturated heterocycles. The minimum absolute atomic E-state index is 0.105. The Labute approximate surface area is 146 Å². The fraction of sp³-hybridized carbons (Fsp3) is 0.353. The number of amides is 1. The number of nitrogens with zero attached hydrogens (tertiary/aromatic N) is 1. The highest BCUT2D eigenvalue weighted by Crippen LogP contribution is 2.10. The number of nitriles is 1. The van der Waals surface area contributed by atoms with Crippen LogP contribution in [0, 0.1) is 11.3 Å². The summed E-state index contributed by atoms with van der Waals surface area (Å²) in [5.74, 6) is -1.67. The van der Waals surface area contributed by atoms with E-state index in [1.165, 1.54) is 30.5 Å². The van der Waals surface area contributed by atoms with E-state index in [0.29, 0.717) is 18.9 Å². The molecule has 1 amide bonds. The molecular formula is C17H21N3O5. The summed E-state index contributed by atoms with van der Waals surface area (Å²) in [6, 6.07) is 7.42. The summed E-state index contributed by atoms with van der Waals surface area (Å²) < 4.78 is 10.7. The standard InChI is InChI=1S/C17H21N3O5/c1-3-24-15(25-4-2)11-19-10-13(9-18)16(21)20-14-7-5-12(6-8-14)17(22)23/h5-8,10,15,19H,3-4,11H2,1-2H3,(H,20,21)(H,22,23)/b13-10-. The topological polar surface area (TPSA) is 121 Å². The Kier molecular flexibility index (Phi) is 8.71. The zero-order chi connectivity index (χ0) is 18.7. The number of carboxylic acids is 1. The van der Waals surface area contributed by atoms with E-state index in [-0.39, 0.29) is 17.7 Å². The summed E-state index contributed by atoms with van der Waals surface area (Å²) in [6.45, 7) is 4.92. The van der Waals surface area contributed by atoms with Crippen LogP contribution in [0.15, 0.2) is 36.0 Å². The van der Waals surface area contributed by atoms with Gasteiger partial charge in [-0.05, 0) is 38.1 Å². The number of carbonyl (C=O) groups excluding carboxylic acids is 1. The van der Waals surface area contributed by atoms with Gasteiger partial charge in [0.15, 0.2) is 6.29 Å². The van der Waals surface area contributed by atoms with Gasteiger partial charge in [0.05, 0.1) is 12.1 Å². The van der Waals surface area contributed by atoms with Crippen LogP contribution in [0.1, 0.15) is 24.2 Å². The van der Waals surface area contributed by atoms with E-state index in [1.807, 2.05) is 13.8 Å². The number of nitrogens with one attached hydrogen (secondary N) is 2. The van der Waals surface area contributed by atoms with Crippen molar-refractivity contribution in [1.29, 1.82) is 5.26 Å². The van der Waals surface area contributed by atoms with Gasteiger partial charge in [-0.3, -0.25) is 4.79 Å². The van der Waals surface area contributed by atoms with Crippen molar-refractivity contribution in [2.24, 2.45) is 0 Å². The molecule has 1 aromatic rings. The fourth-order valence-electron chi connectivity index (χ4n) is 1.84. The molecule has 0 heterocycles. The number of aromatic carboxylic acids is 1. The summed E-state index contributed by atoms with van der Waals surface area (Å²) in [6.07, 6.45) is 0.809. The third kappa shape index (κ3) is 7.03. The minimum Gasteiger partial charge on any atom is -0.478 e. The van der Waals surface area contributed by atoms with E-state index in [4.69, 9.17) is 19.8 Å². The first-order valence-corrected chi connectivity index (χ1v) is 7.73. The first kappa shape index (κ1) is 20.2. The second kappa shape index (κ2) is 10.8. The Morgan fingerprint density at radius 3 is 2.32 bits per heavy atom. The molecule has 3 N–H and O–H groups in total. The Hall–Kier alpha value is -2.89. The molecule has 25 heavy (non-hydrogen) atoms. The SMILES string of the molecule is CCOC(CN/C=C(/C#N)C(=O)Nc1ccc(C(=O)O)cc1)OCC. The molecule has 8 nitrogen and oxygen atoms in total. The number of anilines is 1. The van der Waals surface area contributed by atoms with Crippen LogP contribution < -0.4 is 10.6 Å². The Morgan fingerprint density at radius 1 is 1.24 bits per heavy atom. The number of hydrogen-bond acceptors (Lipinski definition) is 6. The van der Waals surface area contributed by atoms with E-state index >= 15 is 0 Å². The number of rotatable bonds is 10. The summed E-state index contributed by atoms with van der Waals surface area (Å²) >= 11 is 0. The molecule has 0 aromatic heterocycles. The molecule has 0 bridgehead atoms. The number of benzene rings is 1. The molecule has 1 aromatic carbocycles. The van der Waals surface area contributed by atoms with Gasteiger partial charge < -0.3 is 25.2 Å². The highest BCUT2D eigenvalue weighted by Gasteiger charge is 2.11. The molecule has 0 aliphatic rings. The van der Waals surface area contributed by atoms with Gasteiger partial charge >= 0.3 is 5.97 Å². The van der Waals surface area contributed by atoms with Crippen molar-refractivity contribution in [3.63, 3.8) is 0 Å². The van der Waals surface area contributed by atoms with Gasteiger partial charge in [0.1, 0.15) is 11.6 Å². The van der Waals surface area contributed by atoms with E-state index in [1.54, 1.807) is 6.07 Å². The molecule has 8 heteroatoms. The highest BCUT2D eigenvalue weighted by molar-refractivity contribution is 6.06. The lowest BCUT2D eigenvalue weighted by molar-refractivity contribution is -0.131. The van der Waals surface area contributed by atoms with Crippen LogP contribution in [0.4, 0.5) is 5.69 Å². The van der Waals surface area contributed by atoms with Gasteiger partial charge in [0.2, 0.25) is 0 Å². The largest absolute Gasteiger partial charge is 0.478 e. The lowest BCUT2D eigenvalue weighted by Crippen LogP contribution is -2.29. The van der Waals surface area contributed by atoms with Crippen LogP contribution >= 0.6 is 0 Å². The molecule has 134 valence electrons. The smallest absolute Gasteiger partial charge is 0.335 e. The molecule has 0 unspecified atom stereocenters. The fourth-order valence-corrected chi connectivity index (χ4v) is 1.84. The maximum atomic E-state index is 12.1. The second-order valence-electron chi connectivity index (χ2n) is 4.75. The first-order valence-electron chi connectivity index (χ1n) is 7.73. The number of ether oxygens (including phenoxy) is 2. The zero-order valence-electron chi connectivity index (χ0n) is 14.1. The molecule has 1 rings (SSSR count). The van der Waals surface area contributed by atoms with E-state index in [9.17, 15) is 9.59 Å². The summed E-state index contributed by atoms with van der Waals surface area (Å²) in [5.41, 5.74) is 0.361. The average Bonchev–Trinajstić information content (AvgIpc) is 2.59. The van der Waals surface area contributed by atoms with E-state index in [2.05, 4.69) is 10.6 Å². The van der Waals surface area contributed by atoms with Gasteiger partial charge in [0, 0.05) is 25.1 Å². The quantitative estimate of drug-likeness (QED) is 0.335. The van der Waals surface area contributed by atoms with E-state index < -0.39 is 18.2 Å². The average molecular weight is 347 g/mol. The third-order valence-corrected chi connectivity index (χ3v) is 2.99. The molecule has 0 aliphatic carbocycles. The highest BCUT2D eigenvalue weighted by atomic mass is 16.7. The summed E-state index contributed by atoms with van der Waals surface area (Å²) in [4.78, 5) is 22.9. The van der Waals surface area contributed by atoms with Crippen LogP contribution in [0.3, 0.4) is 0 Å². The van der Waals surface area contributed by atoms with Gasteiger partial charge in [-0.15, -0.1) is 0 Å². The van der Waals surface area contributed by atoms with Crippen LogP contribution in [0.5, 0.6) is 0 Å². The van der Waals surface area contributed by atoms with Gasteiger partial charge in [0.25, 0.3) is 5.91 Å². The molecule has 0 radical (unpaired) electrons. The Balaban J connectivity index is 2.64. The molecule has 0 fully saturated rings. The van der Waals surface area contributed by atoms with Crippen molar-refractivity contribution >= 4 is 17.6 Å². The van der Waals surface area contributed by atoms with Gasteiger partial charge in [-0.25, -0.2) is 4.79 Å². The molecular weight excluding hydrogens is 326 g/mol. The monoisotopic (exact) mass is 347 g/mol. The minimum atomic E-state index is -1.06. The van der Waals surface area contributed by atoms with Crippen molar-refractivity contribution in [1.82, 2.24) is 5.32 Å². The predicted molar refractivity (Wildman–Crippen MR) is 90.8 cm³/mol. The molecule has 0 aliphatic heterocycles. The number of carboxylic acid groups (broad SMARTS) is 1. The zero-order valence-corrected chi connectivity index (χ0v) is 14.1. The Morgan fingerprint density at radius 2 is 1.84 bits per heavy atom. The van der Waals surface area contributed by atoms with Crippen molar-refractivity contribution in [2.75, 3.05) is 25.1 Å².